The van der Waals surface area contributed by atoms with Gasteiger partial charge in [0.15, 0.2) is 0 Å². The van der Waals surface area contributed by atoms with Crippen LogP contribution in [0.1, 0.15) is 22.5 Å². The van der Waals surface area contributed by atoms with E-state index in [1.807, 2.05) is 0 Å². The van der Waals surface area contributed by atoms with E-state index in [1.165, 1.54) is 6.07 Å². The first-order chi connectivity index (χ1) is 7.63. The normalized spacial score (nSPS) is 10.1. The van der Waals surface area contributed by atoms with Crippen molar-refractivity contribution in [2.45, 2.75) is 12.8 Å². The second-order valence-electron chi connectivity index (χ2n) is 3.11. The van der Waals surface area contributed by atoms with Crippen molar-refractivity contribution in [1.82, 2.24) is 0 Å². The number of hydrogen-bond donors (Lipinski definition) is 2. The summed E-state index contributed by atoms with van der Waals surface area (Å²) in [4.78, 5) is 22.2. The number of rotatable bonds is 6. The third-order valence-corrected chi connectivity index (χ3v) is 2.82. The summed E-state index contributed by atoms with van der Waals surface area (Å²) in [5.41, 5.74) is 0. The van der Waals surface area contributed by atoms with Crippen molar-refractivity contribution < 1.29 is 19.4 Å². The molecule has 0 aliphatic rings. The van der Waals surface area contributed by atoms with E-state index in [0.717, 1.165) is 11.3 Å². The minimum Gasteiger partial charge on any atom is -0.477 e. The van der Waals surface area contributed by atoms with Crippen LogP contribution in [-0.4, -0.2) is 30.7 Å². The monoisotopic (exact) mass is 243 g/mol. The number of methoxy groups -OCH3 is 1. The smallest absolute Gasteiger partial charge is 0.345 e. The number of amides is 1. The summed E-state index contributed by atoms with van der Waals surface area (Å²) in [5.74, 6) is -1.11. The van der Waals surface area contributed by atoms with E-state index in [9.17, 15) is 9.59 Å². The largest absolute Gasteiger partial charge is 0.477 e. The molecular weight excluding hydrogens is 230 g/mol. The van der Waals surface area contributed by atoms with Crippen LogP contribution in [0.25, 0.3) is 0 Å². The van der Waals surface area contributed by atoms with Gasteiger partial charge in [-0.25, -0.2) is 4.79 Å². The topological polar surface area (TPSA) is 75.6 Å². The number of carbonyl (C=O) groups is 2. The molecule has 88 valence electrons. The lowest BCUT2D eigenvalue weighted by Crippen LogP contribution is -2.10. The van der Waals surface area contributed by atoms with Gasteiger partial charge in [-0.15, -0.1) is 11.3 Å². The highest BCUT2D eigenvalue weighted by molar-refractivity contribution is 7.18. The molecule has 6 heteroatoms. The highest BCUT2D eigenvalue weighted by atomic mass is 32.1. The summed E-state index contributed by atoms with van der Waals surface area (Å²) in [6.45, 7) is 0.540. The van der Waals surface area contributed by atoms with Crippen LogP contribution in [0.2, 0.25) is 0 Å². The van der Waals surface area contributed by atoms with Crippen LogP contribution in [0, 0.1) is 0 Å². The van der Waals surface area contributed by atoms with E-state index >= 15 is 0 Å². The van der Waals surface area contributed by atoms with E-state index in [0.29, 0.717) is 24.4 Å². The third-order valence-electron chi connectivity index (χ3n) is 1.83. The van der Waals surface area contributed by atoms with Crippen molar-refractivity contribution in [2.75, 3.05) is 19.0 Å². The molecule has 0 saturated heterocycles. The van der Waals surface area contributed by atoms with Gasteiger partial charge in [-0.1, -0.05) is 0 Å². The Morgan fingerprint density at radius 1 is 1.50 bits per heavy atom. The predicted octanol–water partition coefficient (Wildman–Crippen LogP) is 1.81. The maximum Gasteiger partial charge on any atom is 0.345 e. The van der Waals surface area contributed by atoms with Crippen LogP contribution in [0.5, 0.6) is 0 Å². The number of hydrogen-bond acceptors (Lipinski definition) is 4. The van der Waals surface area contributed by atoms with Crippen LogP contribution in [-0.2, 0) is 9.53 Å². The van der Waals surface area contributed by atoms with Gasteiger partial charge in [-0.2, -0.15) is 0 Å². The molecule has 0 atom stereocenters. The Hall–Kier alpha value is -1.40. The molecule has 1 heterocycles. The van der Waals surface area contributed by atoms with Crippen LogP contribution in [0.3, 0.4) is 0 Å². The summed E-state index contributed by atoms with van der Waals surface area (Å²) < 4.78 is 4.82. The van der Waals surface area contributed by atoms with Gasteiger partial charge in [0, 0.05) is 20.1 Å². The Balaban J connectivity index is 2.40. The van der Waals surface area contributed by atoms with Crippen molar-refractivity contribution in [3.63, 3.8) is 0 Å². The van der Waals surface area contributed by atoms with Gasteiger partial charge in [0.2, 0.25) is 5.91 Å². The number of carboxylic acid groups (broad SMARTS) is 1. The zero-order valence-corrected chi connectivity index (χ0v) is 9.67. The summed E-state index contributed by atoms with van der Waals surface area (Å²) in [7, 11) is 1.58. The second kappa shape index (κ2) is 6.24. The van der Waals surface area contributed by atoms with Crippen molar-refractivity contribution in [1.29, 1.82) is 0 Å². The van der Waals surface area contributed by atoms with Crippen molar-refractivity contribution in [3.05, 3.63) is 17.0 Å². The van der Waals surface area contributed by atoms with Crippen molar-refractivity contribution in [3.8, 4) is 0 Å². The van der Waals surface area contributed by atoms with Gasteiger partial charge < -0.3 is 15.2 Å². The molecule has 2 N–H and O–H groups in total. The van der Waals surface area contributed by atoms with E-state index < -0.39 is 5.97 Å². The van der Waals surface area contributed by atoms with Gasteiger partial charge in [0.05, 0.1) is 5.00 Å². The van der Waals surface area contributed by atoms with Crippen LogP contribution < -0.4 is 5.32 Å². The van der Waals surface area contributed by atoms with Gasteiger partial charge in [-0.05, 0) is 18.6 Å². The molecule has 0 fully saturated rings. The SMILES string of the molecule is COCCCC(=O)Nc1ccc(C(=O)O)s1. The van der Waals surface area contributed by atoms with Gasteiger partial charge >= 0.3 is 5.97 Å². The Kier molecular flexibility index (Phi) is 4.94. The number of carboxylic acids is 1. The molecule has 1 aromatic heterocycles. The number of aromatic carboxylic acids is 1. The summed E-state index contributed by atoms with van der Waals surface area (Å²) in [5, 5.41) is 11.9. The standard InChI is InChI=1S/C10H13NO4S/c1-15-6-2-3-8(12)11-9-5-4-7(16-9)10(13)14/h4-5H,2-3,6H2,1H3,(H,11,12)(H,13,14). The van der Waals surface area contributed by atoms with Gasteiger partial charge in [-0.3, -0.25) is 4.79 Å². The molecule has 0 spiro atoms. The quantitative estimate of drug-likeness (QED) is 0.747. The molecule has 0 aromatic carbocycles. The Morgan fingerprint density at radius 2 is 2.25 bits per heavy atom. The predicted molar refractivity (Wildman–Crippen MR) is 61.0 cm³/mol. The number of anilines is 1. The first-order valence-electron chi connectivity index (χ1n) is 4.75. The number of nitrogens with one attached hydrogen (secondary N) is 1. The second-order valence-corrected chi connectivity index (χ2v) is 4.20. The summed E-state index contributed by atoms with van der Waals surface area (Å²) in [6, 6.07) is 3.06. The minimum absolute atomic E-state index is 0.129. The average molecular weight is 243 g/mol. The molecular formula is C10H13NO4S. The van der Waals surface area contributed by atoms with Crippen LogP contribution in [0.15, 0.2) is 12.1 Å². The third kappa shape index (κ3) is 4.00. The maximum atomic E-state index is 11.4. The summed E-state index contributed by atoms with van der Waals surface area (Å²) in [6.07, 6.45) is 1.02. The molecule has 0 unspecified atom stereocenters. The molecule has 0 aliphatic heterocycles. The number of carbonyl (C=O) groups excluding carboxylic acids is 1. The Morgan fingerprint density at radius 3 is 2.81 bits per heavy atom. The highest BCUT2D eigenvalue weighted by Gasteiger charge is 2.08. The molecule has 0 radical (unpaired) electrons. The average Bonchev–Trinajstić information content (AvgIpc) is 2.66. The molecule has 1 rings (SSSR count). The van der Waals surface area contributed by atoms with Gasteiger partial charge in [0.25, 0.3) is 0 Å². The minimum atomic E-state index is -0.982. The van der Waals surface area contributed by atoms with Crippen LogP contribution >= 0.6 is 11.3 Å². The lowest BCUT2D eigenvalue weighted by molar-refractivity contribution is -0.116. The highest BCUT2D eigenvalue weighted by Crippen LogP contribution is 2.21. The first-order valence-corrected chi connectivity index (χ1v) is 5.57. The van der Waals surface area contributed by atoms with Gasteiger partial charge in [0.1, 0.15) is 4.88 Å². The molecule has 0 bridgehead atoms. The van der Waals surface area contributed by atoms with E-state index in [1.54, 1.807) is 13.2 Å². The van der Waals surface area contributed by atoms with Crippen molar-refractivity contribution in [2.24, 2.45) is 0 Å². The van der Waals surface area contributed by atoms with Crippen molar-refractivity contribution >= 4 is 28.2 Å². The molecule has 16 heavy (non-hydrogen) atoms. The Bertz CT molecular complexity index is 375. The Labute approximate surface area is 97.0 Å². The van der Waals surface area contributed by atoms with Crippen LogP contribution in [0.4, 0.5) is 5.00 Å². The van der Waals surface area contributed by atoms with E-state index in [-0.39, 0.29) is 10.8 Å². The molecule has 1 aromatic rings. The molecule has 1 amide bonds. The van der Waals surface area contributed by atoms with E-state index in [4.69, 9.17) is 9.84 Å². The molecule has 5 nitrogen and oxygen atoms in total. The molecule has 0 saturated carbocycles. The lowest BCUT2D eigenvalue weighted by Gasteiger charge is -2.01. The fourth-order valence-corrected chi connectivity index (χ4v) is 1.86. The zero-order chi connectivity index (χ0) is 12.0. The first kappa shape index (κ1) is 12.7. The fraction of sp³-hybridized carbons (Fsp3) is 0.400. The zero-order valence-electron chi connectivity index (χ0n) is 8.86. The molecule has 0 aliphatic carbocycles. The lowest BCUT2D eigenvalue weighted by atomic mass is 10.3. The number of thiophene rings is 1. The fourth-order valence-electron chi connectivity index (χ4n) is 1.10. The van der Waals surface area contributed by atoms with E-state index in [2.05, 4.69) is 5.32 Å². The number of ether oxygens (including phenoxy) is 1. The maximum absolute atomic E-state index is 11.4. The summed E-state index contributed by atoms with van der Waals surface area (Å²) >= 11 is 1.05.